The van der Waals surface area contributed by atoms with Gasteiger partial charge in [-0.15, -0.1) is 0 Å². The molecule has 0 radical (unpaired) electrons. The molecule has 0 spiro atoms. The Morgan fingerprint density at radius 2 is 1.90 bits per heavy atom. The predicted octanol–water partition coefficient (Wildman–Crippen LogP) is 3.44. The molecule has 0 aliphatic carbocycles. The summed E-state index contributed by atoms with van der Waals surface area (Å²) in [5.74, 6) is 0.381. The second-order valence-electron chi connectivity index (χ2n) is 7.69. The molecule has 7 nitrogen and oxygen atoms in total. The molecule has 1 atom stereocenters. The van der Waals surface area contributed by atoms with Crippen molar-refractivity contribution < 1.29 is 4.79 Å². The first-order chi connectivity index (χ1) is 14.5. The number of nitrogens with two attached hydrogens (primary N) is 1. The highest BCUT2D eigenvalue weighted by molar-refractivity contribution is 6.02. The number of nitrogen functional groups attached to an aromatic ring is 1. The highest BCUT2D eigenvalue weighted by Gasteiger charge is 2.34. The average Bonchev–Trinajstić information content (AvgIpc) is 3.29. The third-order valence-electron chi connectivity index (χ3n) is 5.75. The Bertz CT molecular complexity index is 1260. The van der Waals surface area contributed by atoms with Gasteiger partial charge in [-0.05, 0) is 43.2 Å². The summed E-state index contributed by atoms with van der Waals surface area (Å²) in [4.78, 5) is 27.9. The maximum Gasteiger partial charge on any atom is 0.236 e. The van der Waals surface area contributed by atoms with E-state index in [9.17, 15) is 4.79 Å². The van der Waals surface area contributed by atoms with Crippen LogP contribution in [0, 0.1) is 6.92 Å². The normalized spacial score (nSPS) is 16.5. The van der Waals surface area contributed by atoms with Crippen LogP contribution in [0.5, 0.6) is 0 Å². The summed E-state index contributed by atoms with van der Waals surface area (Å²) in [6.07, 6.45) is 4.25. The number of benzene rings is 1. The summed E-state index contributed by atoms with van der Waals surface area (Å²) in [5.41, 5.74) is 11.6. The summed E-state index contributed by atoms with van der Waals surface area (Å²) in [6.45, 7) is 2.64. The maximum absolute atomic E-state index is 13.0. The van der Waals surface area contributed by atoms with E-state index < -0.39 is 0 Å². The van der Waals surface area contributed by atoms with E-state index in [1.165, 1.54) is 6.33 Å². The number of aryl methyl sites for hydroxylation is 2. The van der Waals surface area contributed by atoms with E-state index in [0.29, 0.717) is 12.4 Å². The zero-order valence-corrected chi connectivity index (χ0v) is 16.9. The second-order valence-corrected chi connectivity index (χ2v) is 7.69. The van der Waals surface area contributed by atoms with Crippen LogP contribution in [0.2, 0.25) is 0 Å². The minimum absolute atomic E-state index is 0.101. The summed E-state index contributed by atoms with van der Waals surface area (Å²) in [6, 6.07) is 13.8. The van der Waals surface area contributed by atoms with Crippen molar-refractivity contribution in [2.24, 2.45) is 7.05 Å². The van der Waals surface area contributed by atoms with Crippen molar-refractivity contribution in [3.8, 4) is 11.1 Å². The van der Waals surface area contributed by atoms with E-state index in [2.05, 4.69) is 15.0 Å². The molecule has 0 bridgehead atoms. The lowest BCUT2D eigenvalue weighted by atomic mass is 10.0. The lowest BCUT2D eigenvalue weighted by molar-refractivity contribution is -0.118. The number of carbonyl (C=O) groups is 1. The van der Waals surface area contributed by atoms with Crippen LogP contribution in [0.3, 0.4) is 0 Å². The Labute approximate surface area is 174 Å². The average molecular weight is 398 g/mol. The molecule has 5 rings (SSSR count). The molecular weight excluding hydrogens is 376 g/mol. The van der Waals surface area contributed by atoms with Crippen molar-refractivity contribution in [1.29, 1.82) is 0 Å². The van der Waals surface area contributed by atoms with E-state index in [0.717, 1.165) is 45.7 Å². The molecule has 2 N–H and O–H groups in total. The van der Waals surface area contributed by atoms with Crippen LogP contribution in [-0.4, -0.2) is 32.0 Å². The Kier molecular flexibility index (Phi) is 4.24. The highest BCUT2D eigenvalue weighted by atomic mass is 16.2. The SMILES string of the molecule is Cc1cccc(C2CCN(c3ccc(-c4cn(C)c5ncnc(N)c45)cc3)C2=O)n1. The molecule has 1 saturated heterocycles. The minimum atomic E-state index is -0.181. The van der Waals surface area contributed by atoms with Crippen molar-refractivity contribution in [2.45, 2.75) is 19.3 Å². The fourth-order valence-electron chi connectivity index (χ4n) is 4.24. The minimum Gasteiger partial charge on any atom is -0.383 e. The molecule has 4 heterocycles. The van der Waals surface area contributed by atoms with Gasteiger partial charge >= 0.3 is 0 Å². The fourth-order valence-corrected chi connectivity index (χ4v) is 4.24. The molecule has 3 aromatic heterocycles. The Balaban J connectivity index is 1.45. The summed E-state index contributed by atoms with van der Waals surface area (Å²) in [7, 11) is 1.94. The van der Waals surface area contributed by atoms with E-state index >= 15 is 0 Å². The third-order valence-corrected chi connectivity index (χ3v) is 5.75. The van der Waals surface area contributed by atoms with E-state index in [1.807, 2.05) is 72.1 Å². The molecule has 0 saturated carbocycles. The van der Waals surface area contributed by atoms with Gasteiger partial charge in [0, 0.05) is 36.7 Å². The van der Waals surface area contributed by atoms with E-state index in [-0.39, 0.29) is 11.8 Å². The topological polar surface area (TPSA) is 89.9 Å². The van der Waals surface area contributed by atoms with Gasteiger partial charge in [-0.1, -0.05) is 18.2 Å². The Morgan fingerprint density at radius 1 is 1.10 bits per heavy atom. The summed E-state index contributed by atoms with van der Waals surface area (Å²) in [5, 5.41) is 0.843. The predicted molar refractivity (Wildman–Crippen MR) is 117 cm³/mol. The van der Waals surface area contributed by atoms with Gasteiger partial charge in [0.05, 0.1) is 17.0 Å². The molecule has 1 fully saturated rings. The lowest BCUT2D eigenvalue weighted by Gasteiger charge is -2.17. The van der Waals surface area contributed by atoms with Crippen LogP contribution in [0.4, 0.5) is 11.5 Å². The van der Waals surface area contributed by atoms with Crippen LogP contribution in [-0.2, 0) is 11.8 Å². The van der Waals surface area contributed by atoms with Gasteiger partial charge in [-0.3, -0.25) is 9.78 Å². The quantitative estimate of drug-likeness (QED) is 0.571. The third kappa shape index (κ3) is 2.90. The van der Waals surface area contributed by atoms with Crippen LogP contribution < -0.4 is 10.6 Å². The zero-order valence-electron chi connectivity index (χ0n) is 16.9. The Morgan fingerprint density at radius 3 is 2.67 bits per heavy atom. The molecular formula is C23H22N6O. The maximum atomic E-state index is 13.0. The molecule has 1 aliphatic rings. The van der Waals surface area contributed by atoms with Gasteiger partial charge in [0.1, 0.15) is 17.8 Å². The summed E-state index contributed by atoms with van der Waals surface area (Å²) < 4.78 is 1.94. The largest absolute Gasteiger partial charge is 0.383 e. The first-order valence-corrected chi connectivity index (χ1v) is 9.94. The zero-order chi connectivity index (χ0) is 20.8. The monoisotopic (exact) mass is 398 g/mol. The number of nitrogens with zero attached hydrogens (tertiary/aromatic N) is 5. The van der Waals surface area contributed by atoms with E-state index in [1.54, 1.807) is 0 Å². The molecule has 150 valence electrons. The molecule has 1 aromatic carbocycles. The van der Waals surface area contributed by atoms with Crippen molar-refractivity contribution in [1.82, 2.24) is 19.5 Å². The number of hydrogen-bond donors (Lipinski definition) is 1. The molecule has 4 aromatic rings. The number of aromatic nitrogens is 4. The van der Waals surface area contributed by atoms with Gasteiger partial charge < -0.3 is 15.2 Å². The van der Waals surface area contributed by atoms with Crippen molar-refractivity contribution in [3.63, 3.8) is 0 Å². The fraction of sp³-hybridized carbons (Fsp3) is 0.217. The number of carbonyl (C=O) groups excluding carboxylic acids is 1. The molecule has 1 aliphatic heterocycles. The van der Waals surface area contributed by atoms with Gasteiger partial charge in [0.25, 0.3) is 0 Å². The van der Waals surface area contributed by atoms with Crippen LogP contribution >= 0.6 is 0 Å². The van der Waals surface area contributed by atoms with Gasteiger partial charge in [-0.25, -0.2) is 9.97 Å². The number of amides is 1. The second kappa shape index (κ2) is 6.95. The summed E-state index contributed by atoms with van der Waals surface area (Å²) >= 11 is 0. The van der Waals surface area contributed by atoms with Gasteiger partial charge in [-0.2, -0.15) is 0 Å². The Hall–Kier alpha value is -3.74. The van der Waals surface area contributed by atoms with E-state index in [4.69, 9.17) is 5.73 Å². The number of anilines is 2. The highest BCUT2D eigenvalue weighted by Crippen LogP contribution is 2.35. The van der Waals surface area contributed by atoms with Crippen LogP contribution in [0.1, 0.15) is 23.7 Å². The number of pyridine rings is 1. The van der Waals surface area contributed by atoms with Gasteiger partial charge in [0.15, 0.2) is 0 Å². The van der Waals surface area contributed by atoms with Crippen molar-refractivity contribution in [3.05, 3.63) is 66.4 Å². The van der Waals surface area contributed by atoms with Gasteiger partial charge in [0.2, 0.25) is 5.91 Å². The van der Waals surface area contributed by atoms with Crippen LogP contribution in [0.25, 0.3) is 22.2 Å². The number of rotatable bonds is 3. The smallest absolute Gasteiger partial charge is 0.236 e. The first-order valence-electron chi connectivity index (χ1n) is 9.94. The van der Waals surface area contributed by atoms with Crippen molar-refractivity contribution >= 4 is 28.4 Å². The lowest BCUT2D eigenvalue weighted by Crippen LogP contribution is -2.26. The first kappa shape index (κ1) is 18.3. The van der Waals surface area contributed by atoms with Crippen molar-refractivity contribution in [2.75, 3.05) is 17.2 Å². The molecule has 7 heteroatoms. The molecule has 30 heavy (non-hydrogen) atoms. The van der Waals surface area contributed by atoms with Crippen LogP contribution in [0.15, 0.2) is 55.0 Å². The standard InChI is InChI=1S/C23H22N6O/c1-14-4-3-5-19(27-14)17-10-11-29(23(17)30)16-8-6-15(7-9-16)18-12-28(2)22-20(18)21(24)25-13-26-22/h3-9,12-13,17H,10-11H2,1-2H3,(H2,24,25,26). The molecule has 1 amide bonds. The number of fused-ring (bicyclic) bond motifs is 1. The molecule has 1 unspecified atom stereocenters. The number of hydrogen-bond acceptors (Lipinski definition) is 5.